The van der Waals surface area contributed by atoms with Crippen LogP contribution in [0.25, 0.3) is 0 Å². The van der Waals surface area contributed by atoms with Gasteiger partial charge in [-0.05, 0) is 53.6 Å². The van der Waals surface area contributed by atoms with Gasteiger partial charge in [0.1, 0.15) is 11.5 Å². The summed E-state index contributed by atoms with van der Waals surface area (Å²) in [5.41, 5.74) is 6.87. The van der Waals surface area contributed by atoms with Crippen molar-refractivity contribution in [1.29, 1.82) is 0 Å². The monoisotopic (exact) mass is 357 g/mol. The highest BCUT2D eigenvalue weighted by Crippen LogP contribution is 2.30. The summed E-state index contributed by atoms with van der Waals surface area (Å²) in [6.07, 6.45) is 0.788. The largest absolute Gasteiger partial charge is 0.496 e. The van der Waals surface area contributed by atoms with Crippen molar-refractivity contribution in [2.75, 3.05) is 14.2 Å². The van der Waals surface area contributed by atoms with Gasteiger partial charge in [0.25, 0.3) is 0 Å². The molecular formula is C11H17ClINO2. The number of hydrogen-bond donors (Lipinski definition) is 1. The van der Waals surface area contributed by atoms with Crippen molar-refractivity contribution in [3.8, 4) is 11.5 Å². The standard InChI is InChI=1S/C11H16INO2.ClH/c1-7(13)4-8-5-11(15-3)9(12)6-10(8)14-2;/h5-7H,4,13H2,1-3H3;1H. The van der Waals surface area contributed by atoms with Crippen LogP contribution in [0.15, 0.2) is 12.1 Å². The number of hydrogen-bond acceptors (Lipinski definition) is 3. The van der Waals surface area contributed by atoms with Crippen LogP contribution in [-0.2, 0) is 6.42 Å². The first-order valence-electron chi connectivity index (χ1n) is 4.74. The number of nitrogens with two attached hydrogens (primary N) is 1. The van der Waals surface area contributed by atoms with E-state index in [4.69, 9.17) is 15.2 Å². The number of methoxy groups -OCH3 is 2. The molecule has 1 rings (SSSR count). The van der Waals surface area contributed by atoms with Crippen molar-refractivity contribution in [2.24, 2.45) is 5.73 Å². The molecule has 0 fully saturated rings. The van der Waals surface area contributed by atoms with E-state index < -0.39 is 0 Å². The lowest BCUT2D eigenvalue weighted by Gasteiger charge is -2.13. The van der Waals surface area contributed by atoms with Crippen molar-refractivity contribution in [2.45, 2.75) is 19.4 Å². The minimum Gasteiger partial charge on any atom is -0.496 e. The van der Waals surface area contributed by atoms with Gasteiger partial charge in [-0.3, -0.25) is 0 Å². The van der Waals surface area contributed by atoms with Crippen molar-refractivity contribution in [1.82, 2.24) is 0 Å². The molecule has 0 bridgehead atoms. The Balaban J connectivity index is 0.00000225. The lowest BCUT2D eigenvalue weighted by molar-refractivity contribution is 0.395. The Morgan fingerprint density at radius 3 is 2.25 bits per heavy atom. The quantitative estimate of drug-likeness (QED) is 0.843. The fraction of sp³-hybridized carbons (Fsp3) is 0.455. The maximum Gasteiger partial charge on any atom is 0.132 e. The van der Waals surface area contributed by atoms with Gasteiger partial charge in [-0.1, -0.05) is 0 Å². The Bertz CT molecular complexity index is 345. The van der Waals surface area contributed by atoms with E-state index in [2.05, 4.69) is 22.6 Å². The van der Waals surface area contributed by atoms with E-state index in [0.717, 1.165) is 27.1 Å². The van der Waals surface area contributed by atoms with E-state index >= 15 is 0 Å². The molecule has 1 atom stereocenters. The summed E-state index contributed by atoms with van der Waals surface area (Å²) in [5.74, 6) is 1.74. The van der Waals surface area contributed by atoms with E-state index in [1.807, 2.05) is 19.1 Å². The van der Waals surface area contributed by atoms with Gasteiger partial charge in [0.05, 0.1) is 17.8 Å². The van der Waals surface area contributed by atoms with Gasteiger partial charge in [-0.15, -0.1) is 12.4 Å². The lowest BCUT2D eigenvalue weighted by atomic mass is 10.1. The van der Waals surface area contributed by atoms with Crippen LogP contribution in [0.1, 0.15) is 12.5 Å². The molecule has 0 saturated heterocycles. The van der Waals surface area contributed by atoms with Crippen molar-refractivity contribution in [3.63, 3.8) is 0 Å². The highest BCUT2D eigenvalue weighted by Gasteiger charge is 2.10. The van der Waals surface area contributed by atoms with Crippen LogP contribution in [-0.4, -0.2) is 20.3 Å². The van der Waals surface area contributed by atoms with Crippen molar-refractivity contribution < 1.29 is 9.47 Å². The third-order valence-electron chi connectivity index (χ3n) is 2.10. The zero-order valence-corrected chi connectivity index (χ0v) is 12.6. The fourth-order valence-electron chi connectivity index (χ4n) is 1.43. The summed E-state index contributed by atoms with van der Waals surface area (Å²) < 4.78 is 11.6. The summed E-state index contributed by atoms with van der Waals surface area (Å²) in [4.78, 5) is 0. The SMILES string of the molecule is COc1cc(CC(C)N)c(OC)cc1I.Cl. The third-order valence-corrected chi connectivity index (χ3v) is 2.94. The molecule has 0 aliphatic carbocycles. The molecule has 0 aliphatic rings. The summed E-state index contributed by atoms with van der Waals surface area (Å²) >= 11 is 2.22. The maximum atomic E-state index is 5.78. The Labute approximate surface area is 116 Å². The van der Waals surface area contributed by atoms with Gasteiger partial charge < -0.3 is 15.2 Å². The predicted octanol–water partition coefficient (Wildman–Crippen LogP) is 2.62. The van der Waals surface area contributed by atoms with Crippen LogP contribution in [0.5, 0.6) is 11.5 Å². The zero-order valence-electron chi connectivity index (χ0n) is 9.62. The van der Waals surface area contributed by atoms with Crippen LogP contribution in [0, 0.1) is 3.57 Å². The Hall–Kier alpha value is -0.200. The van der Waals surface area contributed by atoms with Gasteiger partial charge in [0.15, 0.2) is 0 Å². The molecule has 5 heteroatoms. The van der Waals surface area contributed by atoms with Gasteiger partial charge in [0, 0.05) is 6.04 Å². The molecular weight excluding hydrogens is 340 g/mol. The number of halogens is 2. The van der Waals surface area contributed by atoms with E-state index in [0.29, 0.717) is 0 Å². The average Bonchev–Trinajstić information content (AvgIpc) is 2.19. The Morgan fingerprint density at radius 2 is 1.81 bits per heavy atom. The lowest BCUT2D eigenvalue weighted by Crippen LogP contribution is -2.18. The number of ether oxygens (including phenoxy) is 2. The minimum absolute atomic E-state index is 0. The van der Waals surface area contributed by atoms with E-state index in [1.165, 1.54) is 0 Å². The molecule has 3 nitrogen and oxygen atoms in total. The molecule has 1 aromatic carbocycles. The van der Waals surface area contributed by atoms with E-state index in [-0.39, 0.29) is 18.4 Å². The molecule has 0 aromatic heterocycles. The average molecular weight is 358 g/mol. The van der Waals surface area contributed by atoms with Gasteiger partial charge in [-0.2, -0.15) is 0 Å². The van der Waals surface area contributed by atoms with Crippen LogP contribution in [0.3, 0.4) is 0 Å². The summed E-state index contributed by atoms with van der Waals surface area (Å²) in [6.45, 7) is 1.98. The van der Waals surface area contributed by atoms with E-state index in [9.17, 15) is 0 Å². The molecule has 0 spiro atoms. The molecule has 0 saturated carbocycles. The molecule has 16 heavy (non-hydrogen) atoms. The fourth-order valence-corrected chi connectivity index (χ4v) is 2.09. The smallest absolute Gasteiger partial charge is 0.132 e. The van der Waals surface area contributed by atoms with Crippen molar-refractivity contribution in [3.05, 3.63) is 21.3 Å². The molecule has 92 valence electrons. The molecule has 1 aromatic rings. The second-order valence-electron chi connectivity index (χ2n) is 3.48. The Kier molecular flexibility index (Phi) is 7.10. The van der Waals surface area contributed by atoms with Gasteiger partial charge >= 0.3 is 0 Å². The predicted molar refractivity (Wildman–Crippen MR) is 76.9 cm³/mol. The van der Waals surface area contributed by atoms with Gasteiger partial charge in [-0.25, -0.2) is 0 Å². The number of benzene rings is 1. The summed E-state index contributed by atoms with van der Waals surface area (Å²) in [6, 6.07) is 4.07. The minimum atomic E-state index is 0. The summed E-state index contributed by atoms with van der Waals surface area (Å²) in [5, 5.41) is 0. The topological polar surface area (TPSA) is 44.5 Å². The first-order valence-corrected chi connectivity index (χ1v) is 5.82. The normalized spacial score (nSPS) is 11.6. The first-order chi connectivity index (χ1) is 7.08. The van der Waals surface area contributed by atoms with Crippen LogP contribution in [0.4, 0.5) is 0 Å². The second kappa shape index (κ2) is 7.19. The first kappa shape index (κ1) is 15.8. The molecule has 0 heterocycles. The number of rotatable bonds is 4. The molecule has 0 amide bonds. The van der Waals surface area contributed by atoms with E-state index in [1.54, 1.807) is 14.2 Å². The maximum absolute atomic E-state index is 5.78. The van der Waals surface area contributed by atoms with Crippen molar-refractivity contribution >= 4 is 35.0 Å². The van der Waals surface area contributed by atoms with Gasteiger partial charge in [0.2, 0.25) is 0 Å². The third kappa shape index (κ3) is 3.99. The molecule has 0 radical (unpaired) electrons. The highest BCUT2D eigenvalue weighted by atomic mass is 127. The van der Waals surface area contributed by atoms with Crippen LogP contribution in [0.2, 0.25) is 0 Å². The molecule has 1 unspecified atom stereocenters. The van der Waals surface area contributed by atoms with Crippen LogP contribution >= 0.6 is 35.0 Å². The molecule has 0 aliphatic heterocycles. The highest BCUT2D eigenvalue weighted by molar-refractivity contribution is 14.1. The zero-order chi connectivity index (χ0) is 11.4. The van der Waals surface area contributed by atoms with Crippen LogP contribution < -0.4 is 15.2 Å². The second-order valence-corrected chi connectivity index (χ2v) is 4.64. The summed E-state index contributed by atoms with van der Waals surface area (Å²) in [7, 11) is 3.34. The Morgan fingerprint density at radius 1 is 1.25 bits per heavy atom. The molecule has 2 N–H and O–H groups in total.